The number of nitrogens with zero attached hydrogens (tertiary/aromatic N) is 2. The van der Waals surface area contributed by atoms with Crippen molar-refractivity contribution in [2.75, 3.05) is 26.2 Å². The van der Waals surface area contributed by atoms with Crippen molar-refractivity contribution in [3.8, 4) is 5.75 Å². The number of ether oxygens (including phenoxy) is 1. The quantitative estimate of drug-likeness (QED) is 0.335. The fraction of sp³-hybridized carbons (Fsp3) is 0.600. The number of primary amides is 1. The first-order chi connectivity index (χ1) is 12.5. The van der Waals surface area contributed by atoms with E-state index in [9.17, 15) is 4.79 Å². The Balaban J connectivity index is 0.00000364. The van der Waals surface area contributed by atoms with Crippen molar-refractivity contribution in [2.24, 2.45) is 22.6 Å². The van der Waals surface area contributed by atoms with Crippen molar-refractivity contribution < 1.29 is 9.53 Å². The van der Waals surface area contributed by atoms with Crippen molar-refractivity contribution in [2.45, 2.75) is 40.2 Å². The molecule has 1 aromatic rings. The van der Waals surface area contributed by atoms with Crippen molar-refractivity contribution in [1.82, 2.24) is 10.2 Å². The molecule has 1 aliphatic rings. The van der Waals surface area contributed by atoms with E-state index in [0.717, 1.165) is 43.0 Å². The second-order valence-electron chi connectivity index (χ2n) is 7.30. The Hall–Kier alpha value is -1.51. The summed E-state index contributed by atoms with van der Waals surface area (Å²) < 4.78 is 5.36. The van der Waals surface area contributed by atoms with E-state index in [1.54, 1.807) is 0 Å². The van der Waals surface area contributed by atoms with E-state index in [1.165, 1.54) is 12.8 Å². The number of nitrogens with one attached hydrogen (secondary N) is 1. The maximum absolute atomic E-state index is 10.8. The zero-order valence-electron chi connectivity index (χ0n) is 16.6. The van der Waals surface area contributed by atoms with Crippen LogP contribution in [0.4, 0.5) is 0 Å². The minimum atomic E-state index is -0.479. The number of guanidine groups is 1. The highest BCUT2D eigenvalue weighted by Crippen LogP contribution is 2.23. The molecule has 6 nitrogen and oxygen atoms in total. The molecule has 27 heavy (non-hydrogen) atoms. The van der Waals surface area contributed by atoms with Gasteiger partial charge in [-0.15, -0.1) is 24.0 Å². The van der Waals surface area contributed by atoms with Crippen LogP contribution in [-0.2, 0) is 11.3 Å². The summed E-state index contributed by atoms with van der Waals surface area (Å²) in [4.78, 5) is 18.0. The van der Waals surface area contributed by atoms with E-state index >= 15 is 0 Å². The molecule has 2 rings (SSSR count). The first-order valence-corrected chi connectivity index (χ1v) is 9.51. The molecule has 1 aliphatic heterocycles. The molecule has 0 bridgehead atoms. The van der Waals surface area contributed by atoms with E-state index in [4.69, 9.17) is 15.5 Å². The number of carbonyl (C=O) groups excluding carboxylic acids is 1. The van der Waals surface area contributed by atoms with Crippen LogP contribution >= 0.6 is 24.0 Å². The van der Waals surface area contributed by atoms with Gasteiger partial charge in [-0.1, -0.05) is 26.0 Å². The number of nitrogens with two attached hydrogens (primary N) is 1. The molecule has 1 atom stereocenters. The molecule has 3 N–H and O–H groups in total. The van der Waals surface area contributed by atoms with Gasteiger partial charge in [-0.05, 0) is 49.3 Å². The van der Waals surface area contributed by atoms with Gasteiger partial charge in [0.05, 0.1) is 6.54 Å². The molecule has 0 spiro atoms. The summed E-state index contributed by atoms with van der Waals surface area (Å²) in [7, 11) is 0. The van der Waals surface area contributed by atoms with E-state index in [2.05, 4.69) is 31.0 Å². The van der Waals surface area contributed by atoms with Gasteiger partial charge in [0.1, 0.15) is 5.75 Å². The van der Waals surface area contributed by atoms with Crippen LogP contribution in [0.2, 0.25) is 0 Å². The summed E-state index contributed by atoms with van der Waals surface area (Å²) in [5.74, 6) is 2.63. The fourth-order valence-electron chi connectivity index (χ4n) is 3.36. The number of hydrogen-bond acceptors (Lipinski definition) is 3. The van der Waals surface area contributed by atoms with Crippen LogP contribution in [0, 0.1) is 11.8 Å². The molecule has 0 saturated carbocycles. The van der Waals surface area contributed by atoms with Gasteiger partial charge in [0, 0.05) is 19.6 Å². The molecular formula is C20H33IN4O2. The SMILES string of the molecule is CCNC(=NCc1cccc(OCC(N)=O)c1)N1CCC(CC(C)C)C1.I. The van der Waals surface area contributed by atoms with Crippen molar-refractivity contribution in [1.29, 1.82) is 0 Å². The monoisotopic (exact) mass is 488 g/mol. The number of likely N-dealkylation sites (tertiary alicyclic amines) is 1. The van der Waals surface area contributed by atoms with Crippen LogP contribution in [-0.4, -0.2) is 43.0 Å². The Morgan fingerprint density at radius 3 is 2.89 bits per heavy atom. The summed E-state index contributed by atoms with van der Waals surface area (Å²) in [5, 5.41) is 3.41. The van der Waals surface area contributed by atoms with Crippen LogP contribution in [0.3, 0.4) is 0 Å². The smallest absolute Gasteiger partial charge is 0.255 e. The number of benzene rings is 1. The highest BCUT2D eigenvalue weighted by atomic mass is 127. The van der Waals surface area contributed by atoms with Gasteiger partial charge in [0.2, 0.25) is 0 Å². The first kappa shape index (κ1) is 23.5. The number of hydrogen-bond donors (Lipinski definition) is 2. The standard InChI is InChI=1S/C20H32N4O2.HI/c1-4-22-20(24-9-8-17(13-24)10-15(2)3)23-12-16-6-5-7-18(11-16)26-14-19(21)25;/h5-7,11,15,17H,4,8-10,12-14H2,1-3H3,(H2,21,25)(H,22,23);1H. The fourth-order valence-corrected chi connectivity index (χ4v) is 3.36. The maximum Gasteiger partial charge on any atom is 0.255 e. The number of aliphatic imine (C=N–C) groups is 1. The zero-order chi connectivity index (χ0) is 18.9. The molecule has 0 aliphatic carbocycles. The van der Waals surface area contributed by atoms with Gasteiger partial charge in [-0.2, -0.15) is 0 Å². The second-order valence-corrected chi connectivity index (χ2v) is 7.30. The van der Waals surface area contributed by atoms with E-state index in [0.29, 0.717) is 12.3 Å². The van der Waals surface area contributed by atoms with Gasteiger partial charge in [0.15, 0.2) is 12.6 Å². The molecule has 1 saturated heterocycles. The Morgan fingerprint density at radius 1 is 1.44 bits per heavy atom. The Labute approximate surface area is 179 Å². The number of halogens is 1. The van der Waals surface area contributed by atoms with Gasteiger partial charge >= 0.3 is 0 Å². The van der Waals surface area contributed by atoms with Crippen LogP contribution in [0.25, 0.3) is 0 Å². The zero-order valence-corrected chi connectivity index (χ0v) is 18.9. The minimum absolute atomic E-state index is 0. The van der Waals surface area contributed by atoms with Crippen LogP contribution < -0.4 is 15.8 Å². The van der Waals surface area contributed by atoms with E-state index in [1.807, 2.05) is 24.3 Å². The molecule has 1 heterocycles. The minimum Gasteiger partial charge on any atom is -0.484 e. The molecule has 1 fully saturated rings. The Bertz CT molecular complexity index is 622. The summed E-state index contributed by atoms with van der Waals surface area (Å²) in [6.07, 6.45) is 2.51. The molecule has 1 amide bonds. The average Bonchev–Trinajstić information content (AvgIpc) is 3.04. The second kappa shape index (κ2) is 12.0. The van der Waals surface area contributed by atoms with E-state index < -0.39 is 5.91 Å². The van der Waals surface area contributed by atoms with Crippen molar-refractivity contribution in [3.63, 3.8) is 0 Å². The van der Waals surface area contributed by atoms with Crippen LogP contribution in [0.5, 0.6) is 5.75 Å². The predicted molar refractivity (Wildman–Crippen MR) is 120 cm³/mol. The number of amides is 1. The average molecular weight is 488 g/mol. The molecule has 1 unspecified atom stereocenters. The highest BCUT2D eigenvalue weighted by molar-refractivity contribution is 14.0. The summed E-state index contributed by atoms with van der Waals surface area (Å²) in [6.45, 7) is 10.1. The topological polar surface area (TPSA) is 80.0 Å². The third-order valence-electron chi connectivity index (χ3n) is 4.42. The maximum atomic E-state index is 10.8. The van der Waals surface area contributed by atoms with Crippen molar-refractivity contribution >= 4 is 35.8 Å². The highest BCUT2D eigenvalue weighted by Gasteiger charge is 2.25. The Kier molecular flexibility index (Phi) is 10.5. The summed E-state index contributed by atoms with van der Waals surface area (Å²) in [5.41, 5.74) is 6.16. The van der Waals surface area contributed by atoms with Gasteiger partial charge < -0.3 is 20.7 Å². The van der Waals surface area contributed by atoms with E-state index in [-0.39, 0.29) is 30.6 Å². The van der Waals surface area contributed by atoms with Gasteiger partial charge in [-0.3, -0.25) is 4.79 Å². The third kappa shape index (κ3) is 8.36. The summed E-state index contributed by atoms with van der Waals surface area (Å²) in [6, 6.07) is 7.64. The van der Waals surface area contributed by atoms with Gasteiger partial charge in [0.25, 0.3) is 5.91 Å². The third-order valence-corrected chi connectivity index (χ3v) is 4.42. The molecule has 1 aromatic carbocycles. The molecule has 7 heteroatoms. The summed E-state index contributed by atoms with van der Waals surface area (Å²) >= 11 is 0. The molecule has 0 radical (unpaired) electrons. The number of rotatable bonds is 8. The molecule has 0 aromatic heterocycles. The lowest BCUT2D eigenvalue weighted by molar-refractivity contribution is -0.119. The molecular weight excluding hydrogens is 455 g/mol. The van der Waals surface area contributed by atoms with Crippen LogP contribution in [0.1, 0.15) is 39.2 Å². The lowest BCUT2D eigenvalue weighted by Crippen LogP contribution is -2.40. The first-order valence-electron chi connectivity index (χ1n) is 9.51. The lowest BCUT2D eigenvalue weighted by atomic mass is 9.97. The normalized spacial score (nSPS) is 17.0. The Morgan fingerprint density at radius 2 is 2.22 bits per heavy atom. The largest absolute Gasteiger partial charge is 0.484 e. The number of carbonyl (C=O) groups is 1. The lowest BCUT2D eigenvalue weighted by Gasteiger charge is -2.22. The molecule has 152 valence electrons. The van der Waals surface area contributed by atoms with Crippen LogP contribution in [0.15, 0.2) is 29.3 Å². The predicted octanol–water partition coefficient (Wildman–Crippen LogP) is 3.00. The van der Waals surface area contributed by atoms with Gasteiger partial charge in [-0.25, -0.2) is 4.99 Å². The van der Waals surface area contributed by atoms with Crippen molar-refractivity contribution in [3.05, 3.63) is 29.8 Å².